The summed E-state index contributed by atoms with van der Waals surface area (Å²) in [5.41, 5.74) is 4.95. The van der Waals surface area contributed by atoms with Crippen LogP contribution in [-0.2, 0) is 6.42 Å². The van der Waals surface area contributed by atoms with Gasteiger partial charge in [0.05, 0.1) is 12.2 Å². The lowest BCUT2D eigenvalue weighted by Crippen LogP contribution is -2.13. The maximum atomic E-state index is 6.15. The van der Waals surface area contributed by atoms with Gasteiger partial charge in [0.2, 0.25) is 0 Å². The van der Waals surface area contributed by atoms with Gasteiger partial charge in [-0.15, -0.1) is 0 Å². The second-order valence-electron chi connectivity index (χ2n) is 7.07. The van der Waals surface area contributed by atoms with Crippen LogP contribution in [0.15, 0.2) is 36.4 Å². The molecule has 2 unspecified atom stereocenters. The standard InChI is InChI=1S/C23H32O2/c1-7-18(5)24-22-11-9-16(3)13-20(22)15-21-14-17(4)10-12-23(21)25-19(6)8-2/h9-14,18-19H,7-8,15H2,1-6H3. The molecule has 2 aromatic rings. The summed E-state index contributed by atoms with van der Waals surface area (Å²) in [5.74, 6) is 1.96. The topological polar surface area (TPSA) is 18.5 Å². The van der Waals surface area contributed by atoms with Gasteiger partial charge in [0.15, 0.2) is 0 Å². The molecule has 0 spiro atoms. The van der Waals surface area contributed by atoms with Gasteiger partial charge >= 0.3 is 0 Å². The van der Waals surface area contributed by atoms with Crippen molar-refractivity contribution in [2.45, 2.75) is 73.0 Å². The molecule has 0 amide bonds. The van der Waals surface area contributed by atoms with E-state index in [1.165, 1.54) is 22.3 Å². The Kier molecular flexibility index (Phi) is 6.92. The smallest absolute Gasteiger partial charge is 0.123 e. The Morgan fingerprint density at radius 3 is 1.48 bits per heavy atom. The van der Waals surface area contributed by atoms with Crippen LogP contribution < -0.4 is 9.47 Å². The number of aryl methyl sites for hydroxylation is 2. The minimum Gasteiger partial charge on any atom is -0.490 e. The minimum absolute atomic E-state index is 0.217. The molecule has 136 valence electrons. The largest absolute Gasteiger partial charge is 0.490 e. The van der Waals surface area contributed by atoms with Crippen LogP contribution in [0.3, 0.4) is 0 Å². The van der Waals surface area contributed by atoms with E-state index in [9.17, 15) is 0 Å². The fourth-order valence-corrected chi connectivity index (χ4v) is 2.73. The zero-order chi connectivity index (χ0) is 18.4. The van der Waals surface area contributed by atoms with Gasteiger partial charge in [-0.1, -0.05) is 49.2 Å². The van der Waals surface area contributed by atoms with Crippen molar-refractivity contribution >= 4 is 0 Å². The molecule has 25 heavy (non-hydrogen) atoms. The van der Waals surface area contributed by atoms with Crippen molar-refractivity contribution in [1.29, 1.82) is 0 Å². The first-order chi connectivity index (χ1) is 11.9. The van der Waals surface area contributed by atoms with Crippen molar-refractivity contribution in [3.63, 3.8) is 0 Å². The summed E-state index contributed by atoms with van der Waals surface area (Å²) in [7, 11) is 0. The molecule has 0 aromatic heterocycles. The fraction of sp³-hybridized carbons (Fsp3) is 0.478. The van der Waals surface area contributed by atoms with Crippen LogP contribution >= 0.6 is 0 Å². The van der Waals surface area contributed by atoms with Crippen molar-refractivity contribution in [3.05, 3.63) is 58.7 Å². The highest BCUT2D eigenvalue weighted by Crippen LogP contribution is 2.30. The van der Waals surface area contributed by atoms with Crippen molar-refractivity contribution in [2.75, 3.05) is 0 Å². The predicted octanol–water partition coefficient (Wildman–Crippen LogP) is 6.25. The van der Waals surface area contributed by atoms with Crippen LogP contribution in [-0.4, -0.2) is 12.2 Å². The Bertz CT molecular complexity index is 631. The lowest BCUT2D eigenvalue weighted by molar-refractivity contribution is 0.213. The number of benzene rings is 2. The molecule has 0 radical (unpaired) electrons. The fourth-order valence-electron chi connectivity index (χ4n) is 2.73. The lowest BCUT2D eigenvalue weighted by Gasteiger charge is -2.20. The second-order valence-corrected chi connectivity index (χ2v) is 7.07. The van der Waals surface area contributed by atoms with Gasteiger partial charge in [-0.2, -0.15) is 0 Å². The Balaban J connectivity index is 2.35. The number of hydrogen-bond donors (Lipinski definition) is 0. The summed E-state index contributed by atoms with van der Waals surface area (Å²) in [5, 5.41) is 0. The van der Waals surface area contributed by atoms with Gasteiger partial charge in [-0.25, -0.2) is 0 Å². The van der Waals surface area contributed by atoms with Crippen LogP contribution in [0.4, 0.5) is 0 Å². The number of rotatable bonds is 8. The summed E-state index contributed by atoms with van der Waals surface area (Å²) in [6, 6.07) is 12.9. The van der Waals surface area contributed by atoms with Gasteiger partial charge < -0.3 is 9.47 Å². The zero-order valence-corrected chi connectivity index (χ0v) is 16.6. The van der Waals surface area contributed by atoms with Crippen LogP contribution in [0.5, 0.6) is 11.5 Å². The first kappa shape index (κ1) is 19.4. The van der Waals surface area contributed by atoms with Crippen LogP contribution in [0.25, 0.3) is 0 Å². The third-order valence-corrected chi connectivity index (χ3v) is 4.62. The molecule has 0 fully saturated rings. The molecular weight excluding hydrogens is 308 g/mol. The van der Waals surface area contributed by atoms with Gasteiger partial charge in [0, 0.05) is 6.42 Å². The van der Waals surface area contributed by atoms with Gasteiger partial charge in [0.1, 0.15) is 11.5 Å². The third-order valence-electron chi connectivity index (χ3n) is 4.62. The molecule has 0 saturated carbocycles. The summed E-state index contributed by atoms with van der Waals surface area (Å²) in [4.78, 5) is 0. The molecule has 0 heterocycles. The Morgan fingerprint density at radius 2 is 1.12 bits per heavy atom. The normalized spacial score (nSPS) is 13.4. The monoisotopic (exact) mass is 340 g/mol. The molecule has 2 nitrogen and oxygen atoms in total. The van der Waals surface area contributed by atoms with Crippen LogP contribution in [0.1, 0.15) is 62.8 Å². The average Bonchev–Trinajstić information content (AvgIpc) is 2.59. The molecule has 2 heteroatoms. The number of ether oxygens (including phenoxy) is 2. The maximum Gasteiger partial charge on any atom is 0.123 e. The SMILES string of the molecule is CCC(C)Oc1ccc(C)cc1Cc1cc(C)ccc1OC(C)CC. The maximum absolute atomic E-state index is 6.15. The summed E-state index contributed by atoms with van der Waals surface area (Å²) >= 11 is 0. The second kappa shape index (κ2) is 8.94. The highest BCUT2D eigenvalue weighted by Gasteiger charge is 2.13. The lowest BCUT2D eigenvalue weighted by atomic mass is 9.99. The number of hydrogen-bond acceptors (Lipinski definition) is 2. The molecule has 0 aliphatic carbocycles. The molecule has 0 bridgehead atoms. The molecule has 2 rings (SSSR count). The van der Waals surface area contributed by atoms with E-state index in [-0.39, 0.29) is 12.2 Å². The van der Waals surface area contributed by atoms with Crippen molar-refractivity contribution in [1.82, 2.24) is 0 Å². The molecule has 0 saturated heterocycles. The molecular formula is C23H32O2. The van der Waals surface area contributed by atoms with Gasteiger partial charge in [-0.3, -0.25) is 0 Å². The quantitative estimate of drug-likeness (QED) is 0.565. The van der Waals surface area contributed by atoms with E-state index in [0.717, 1.165) is 30.8 Å². The van der Waals surface area contributed by atoms with Crippen LogP contribution in [0.2, 0.25) is 0 Å². The molecule has 2 aromatic carbocycles. The molecule has 2 atom stereocenters. The minimum atomic E-state index is 0.217. The van der Waals surface area contributed by atoms with E-state index >= 15 is 0 Å². The highest BCUT2D eigenvalue weighted by molar-refractivity contribution is 5.45. The van der Waals surface area contributed by atoms with Crippen LogP contribution in [0, 0.1) is 13.8 Å². The Morgan fingerprint density at radius 1 is 0.720 bits per heavy atom. The summed E-state index contributed by atoms with van der Waals surface area (Å²) < 4.78 is 12.3. The van der Waals surface area contributed by atoms with E-state index in [1.807, 2.05) is 0 Å². The van der Waals surface area contributed by atoms with E-state index in [2.05, 4.69) is 77.9 Å². The van der Waals surface area contributed by atoms with Crippen molar-refractivity contribution < 1.29 is 9.47 Å². The molecule has 0 aliphatic heterocycles. The third kappa shape index (κ3) is 5.52. The predicted molar refractivity (Wildman–Crippen MR) is 106 cm³/mol. The summed E-state index contributed by atoms with van der Waals surface area (Å²) in [6.45, 7) is 12.8. The van der Waals surface area contributed by atoms with E-state index in [0.29, 0.717) is 0 Å². The summed E-state index contributed by atoms with van der Waals surface area (Å²) in [6.07, 6.45) is 3.26. The Labute approximate surface area is 153 Å². The first-order valence-corrected chi connectivity index (χ1v) is 9.45. The zero-order valence-electron chi connectivity index (χ0n) is 16.6. The van der Waals surface area contributed by atoms with Gasteiger partial charge in [0.25, 0.3) is 0 Å². The van der Waals surface area contributed by atoms with Crippen molar-refractivity contribution in [3.8, 4) is 11.5 Å². The first-order valence-electron chi connectivity index (χ1n) is 9.45. The van der Waals surface area contributed by atoms with E-state index in [1.54, 1.807) is 0 Å². The highest BCUT2D eigenvalue weighted by atomic mass is 16.5. The van der Waals surface area contributed by atoms with Crippen molar-refractivity contribution in [2.24, 2.45) is 0 Å². The van der Waals surface area contributed by atoms with E-state index < -0.39 is 0 Å². The Hall–Kier alpha value is -1.96. The molecule has 0 aliphatic rings. The van der Waals surface area contributed by atoms with E-state index in [4.69, 9.17) is 9.47 Å². The van der Waals surface area contributed by atoms with Gasteiger partial charge in [-0.05, 0) is 63.8 Å². The average molecular weight is 341 g/mol. The molecule has 0 N–H and O–H groups in total.